The fraction of sp³-hybridized carbons (Fsp3) is 0.353. The molecule has 8 heteroatoms. The maximum Gasteiger partial charge on any atom is 0.338 e. The number of ether oxygens (including phenoxy) is 2. The summed E-state index contributed by atoms with van der Waals surface area (Å²) in [5.41, 5.74) is 0.273. The third kappa shape index (κ3) is 5.91. The van der Waals surface area contributed by atoms with Crippen molar-refractivity contribution in [1.29, 1.82) is 0 Å². The third-order valence-electron chi connectivity index (χ3n) is 2.92. The predicted octanol–water partition coefficient (Wildman–Crippen LogP) is 2.70. The summed E-state index contributed by atoms with van der Waals surface area (Å²) in [7, 11) is -2.47. The van der Waals surface area contributed by atoms with Crippen molar-refractivity contribution in [2.24, 2.45) is 0 Å². The number of nitrogens with zero attached hydrogens (tertiary/aromatic N) is 1. The molecule has 0 aliphatic heterocycles. The SMILES string of the molecule is C=CCOC(=O)c1cc(OCC=C)cc(N(OC)S(=O)(=O)CCC)c1. The van der Waals surface area contributed by atoms with E-state index in [4.69, 9.17) is 14.3 Å². The van der Waals surface area contributed by atoms with Gasteiger partial charge in [0.05, 0.1) is 24.1 Å². The van der Waals surface area contributed by atoms with Gasteiger partial charge in [0.2, 0.25) is 0 Å². The molecule has 1 aromatic rings. The standard InChI is InChI=1S/C17H23NO6S/c1-5-8-23-16-12-14(17(19)24-9-6-2)11-15(13-16)18(22-4)25(20,21)10-7-3/h5-6,11-13H,1-2,7-10H2,3-4H3. The van der Waals surface area contributed by atoms with E-state index in [2.05, 4.69) is 13.2 Å². The van der Waals surface area contributed by atoms with Gasteiger partial charge in [-0.1, -0.05) is 32.2 Å². The Bertz CT molecular complexity index is 714. The second-order valence-electron chi connectivity index (χ2n) is 4.93. The second-order valence-corrected chi connectivity index (χ2v) is 6.83. The average molecular weight is 369 g/mol. The van der Waals surface area contributed by atoms with Gasteiger partial charge in [-0.25, -0.2) is 13.2 Å². The van der Waals surface area contributed by atoms with Gasteiger partial charge in [0, 0.05) is 6.07 Å². The van der Waals surface area contributed by atoms with E-state index in [9.17, 15) is 13.2 Å². The van der Waals surface area contributed by atoms with Crippen molar-refractivity contribution >= 4 is 21.7 Å². The Balaban J connectivity index is 3.33. The van der Waals surface area contributed by atoms with Gasteiger partial charge >= 0.3 is 5.97 Å². The van der Waals surface area contributed by atoms with Gasteiger partial charge < -0.3 is 9.47 Å². The molecule has 0 aromatic heterocycles. The lowest BCUT2D eigenvalue weighted by molar-refractivity contribution is 0.0549. The number of rotatable bonds is 11. The lowest BCUT2D eigenvalue weighted by Crippen LogP contribution is -2.32. The molecule has 0 aliphatic rings. The Morgan fingerprint density at radius 2 is 1.88 bits per heavy atom. The number of carbonyl (C=O) groups excluding carboxylic acids is 1. The van der Waals surface area contributed by atoms with Crippen LogP contribution in [0.25, 0.3) is 0 Å². The van der Waals surface area contributed by atoms with E-state index in [1.165, 1.54) is 37.5 Å². The molecule has 0 spiro atoms. The molecule has 0 fully saturated rings. The Hall–Kier alpha value is -2.32. The lowest BCUT2D eigenvalue weighted by atomic mass is 10.2. The average Bonchev–Trinajstić information content (AvgIpc) is 2.57. The van der Waals surface area contributed by atoms with Crippen LogP contribution in [-0.4, -0.2) is 40.5 Å². The van der Waals surface area contributed by atoms with Gasteiger partial charge in [-0.15, -0.1) is 4.47 Å². The van der Waals surface area contributed by atoms with Gasteiger partial charge in [0.15, 0.2) is 0 Å². The Labute approximate surface area is 148 Å². The van der Waals surface area contributed by atoms with Gasteiger partial charge in [0.1, 0.15) is 19.0 Å². The molecule has 25 heavy (non-hydrogen) atoms. The highest BCUT2D eigenvalue weighted by Crippen LogP contribution is 2.27. The highest BCUT2D eigenvalue weighted by atomic mass is 32.2. The Morgan fingerprint density at radius 3 is 2.44 bits per heavy atom. The predicted molar refractivity (Wildman–Crippen MR) is 96.2 cm³/mol. The summed E-state index contributed by atoms with van der Waals surface area (Å²) in [5.74, 6) is -0.444. The minimum absolute atomic E-state index is 0.0357. The molecule has 0 bridgehead atoms. The Kier molecular flexibility index (Phi) is 8.17. The number of carbonyl (C=O) groups is 1. The van der Waals surface area contributed by atoms with Crippen LogP contribution in [0.2, 0.25) is 0 Å². The zero-order valence-electron chi connectivity index (χ0n) is 14.4. The molecule has 7 nitrogen and oxygen atoms in total. The number of esters is 1. The lowest BCUT2D eigenvalue weighted by Gasteiger charge is -2.22. The monoisotopic (exact) mass is 369 g/mol. The fourth-order valence-corrected chi connectivity index (χ4v) is 3.32. The van der Waals surface area contributed by atoms with E-state index in [1.807, 2.05) is 0 Å². The topological polar surface area (TPSA) is 82.1 Å². The van der Waals surface area contributed by atoms with Crippen LogP contribution in [0.1, 0.15) is 23.7 Å². The summed E-state index contributed by atoms with van der Waals surface area (Å²) in [5, 5.41) is 0. The summed E-state index contributed by atoms with van der Waals surface area (Å²) in [4.78, 5) is 17.1. The van der Waals surface area contributed by atoms with E-state index in [1.54, 1.807) is 6.92 Å². The van der Waals surface area contributed by atoms with Gasteiger partial charge in [-0.3, -0.25) is 4.84 Å². The fourth-order valence-electron chi connectivity index (χ4n) is 1.98. The summed E-state index contributed by atoms with van der Waals surface area (Å²) in [6.07, 6.45) is 3.39. The van der Waals surface area contributed by atoms with Crippen LogP contribution in [0, 0.1) is 0 Å². The molecule has 0 unspecified atom stereocenters. The smallest absolute Gasteiger partial charge is 0.338 e. The molecule has 0 saturated heterocycles. The number of anilines is 1. The molecule has 0 aliphatic carbocycles. The summed E-state index contributed by atoms with van der Waals surface area (Å²) in [6.45, 7) is 9.00. The normalized spacial score (nSPS) is 10.8. The zero-order chi connectivity index (χ0) is 18.9. The maximum absolute atomic E-state index is 12.4. The molecule has 0 amide bonds. The van der Waals surface area contributed by atoms with Crippen LogP contribution in [0.5, 0.6) is 5.75 Å². The number of hydrogen-bond donors (Lipinski definition) is 0. The van der Waals surface area contributed by atoms with Crippen LogP contribution in [0.3, 0.4) is 0 Å². The maximum atomic E-state index is 12.4. The first kappa shape index (κ1) is 20.7. The van der Waals surface area contributed by atoms with E-state index >= 15 is 0 Å². The number of sulfonamides is 1. The minimum atomic E-state index is -3.71. The number of benzene rings is 1. The van der Waals surface area contributed by atoms with Gasteiger partial charge in [-0.05, 0) is 18.6 Å². The molecule has 138 valence electrons. The van der Waals surface area contributed by atoms with E-state index in [-0.39, 0.29) is 36.0 Å². The molecule has 0 saturated carbocycles. The van der Waals surface area contributed by atoms with Crippen LogP contribution >= 0.6 is 0 Å². The first-order valence-corrected chi connectivity index (χ1v) is 9.24. The molecule has 0 heterocycles. The summed E-state index contributed by atoms with van der Waals surface area (Å²) >= 11 is 0. The van der Waals surface area contributed by atoms with Crippen molar-refractivity contribution < 1.29 is 27.5 Å². The van der Waals surface area contributed by atoms with Crippen LogP contribution in [0.4, 0.5) is 5.69 Å². The molecular formula is C17H23NO6S. The van der Waals surface area contributed by atoms with Crippen molar-refractivity contribution in [3.8, 4) is 5.75 Å². The van der Waals surface area contributed by atoms with Gasteiger partial charge in [0.25, 0.3) is 10.0 Å². The highest BCUT2D eigenvalue weighted by molar-refractivity contribution is 7.92. The van der Waals surface area contributed by atoms with Crippen molar-refractivity contribution in [2.75, 3.05) is 30.5 Å². The van der Waals surface area contributed by atoms with Crippen LogP contribution < -0.4 is 9.21 Å². The molecule has 1 rings (SSSR count). The zero-order valence-corrected chi connectivity index (χ0v) is 15.3. The quantitative estimate of drug-likeness (QED) is 0.339. The molecule has 0 N–H and O–H groups in total. The first-order valence-electron chi connectivity index (χ1n) is 7.63. The minimum Gasteiger partial charge on any atom is -0.489 e. The van der Waals surface area contributed by atoms with Gasteiger partial charge in [-0.2, -0.15) is 0 Å². The second kappa shape index (κ2) is 9.85. The van der Waals surface area contributed by atoms with E-state index in [0.717, 1.165) is 4.47 Å². The number of hydrogen-bond acceptors (Lipinski definition) is 6. The largest absolute Gasteiger partial charge is 0.489 e. The van der Waals surface area contributed by atoms with Crippen molar-refractivity contribution in [3.05, 3.63) is 49.1 Å². The highest BCUT2D eigenvalue weighted by Gasteiger charge is 2.24. The van der Waals surface area contributed by atoms with Crippen LogP contribution in [0.15, 0.2) is 43.5 Å². The van der Waals surface area contributed by atoms with E-state index < -0.39 is 16.0 Å². The van der Waals surface area contributed by atoms with Crippen molar-refractivity contribution in [2.45, 2.75) is 13.3 Å². The molecular weight excluding hydrogens is 346 g/mol. The first-order chi connectivity index (χ1) is 11.9. The third-order valence-corrected chi connectivity index (χ3v) is 4.71. The Morgan fingerprint density at radius 1 is 1.20 bits per heavy atom. The van der Waals surface area contributed by atoms with E-state index in [0.29, 0.717) is 6.42 Å². The van der Waals surface area contributed by atoms with Crippen LogP contribution in [-0.2, 0) is 19.6 Å². The summed E-state index contributed by atoms with van der Waals surface area (Å²) < 4.78 is 35.9. The molecule has 0 atom stereocenters. The van der Waals surface area contributed by atoms with Crippen molar-refractivity contribution in [1.82, 2.24) is 0 Å². The molecule has 0 radical (unpaired) electrons. The van der Waals surface area contributed by atoms with Crippen molar-refractivity contribution in [3.63, 3.8) is 0 Å². The summed E-state index contributed by atoms with van der Waals surface area (Å²) in [6, 6.07) is 4.28. The molecule has 1 aromatic carbocycles.